The molecule has 0 bridgehead atoms. The molecule has 2 saturated heterocycles. The quantitative estimate of drug-likeness (QED) is 0.598. The Hall–Kier alpha value is -2.37. The number of amides is 1. The van der Waals surface area contributed by atoms with E-state index < -0.39 is 0 Å². The lowest BCUT2D eigenvalue weighted by atomic mass is 10.00. The van der Waals surface area contributed by atoms with Crippen LogP contribution in [0, 0.1) is 6.92 Å². The van der Waals surface area contributed by atoms with E-state index in [4.69, 9.17) is 4.74 Å². The molecule has 2 aliphatic rings. The zero-order valence-electron chi connectivity index (χ0n) is 19.4. The summed E-state index contributed by atoms with van der Waals surface area (Å²) in [5.41, 5.74) is 2.02. The van der Waals surface area contributed by atoms with Crippen molar-refractivity contribution in [3.8, 4) is 11.5 Å². The first-order chi connectivity index (χ1) is 15.7. The van der Waals surface area contributed by atoms with Crippen LogP contribution in [0.2, 0.25) is 0 Å². The Morgan fingerprint density at radius 1 is 0.906 bits per heavy atom. The second-order valence-electron chi connectivity index (χ2n) is 9.26. The maximum atomic E-state index is 12.4. The maximum Gasteiger partial charge on any atom is 0.224 e. The second kappa shape index (κ2) is 11.5. The molecule has 0 atom stereocenters. The molecule has 2 fully saturated rings. The van der Waals surface area contributed by atoms with Crippen molar-refractivity contribution in [2.75, 3.05) is 38.0 Å². The summed E-state index contributed by atoms with van der Waals surface area (Å²) < 4.78 is 5.85. The van der Waals surface area contributed by atoms with Gasteiger partial charge in [-0.05, 0) is 108 Å². The molecule has 2 aliphatic heterocycles. The van der Waals surface area contributed by atoms with Gasteiger partial charge >= 0.3 is 0 Å². The SMILES string of the molecule is Cc1ccc(Oc2ccc(NC(=O)CCCN3CCC(N4CCCCC4)CC3)cc2)cc1. The number of hydrogen-bond donors (Lipinski definition) is 1. The number of piperidine rings is 2. The molecule has 0 spiro atoms. The van der Waals surface area contributed by atoms with E-state index in [0.717, 1.165) is 36.2 Å². The molecule has 0 unspecified atom stereocenters. The number of nitrogens with one attached hydrogen (secondary N) is 1. The smallest absolute Gasteiger partial charge is 0.224 e. The van der Waals surface area contributed by atoms with Crippen LogP contribution < -0.4 is 10.1 Å². The fourth-order valence-corrected chi connectivity index (χ4v) is 4.83. The van der Waals surface area contributed by atoms with E-state index in [1.807, 2.05) is 48.5 Å². The van der Waals surface area contributed by atoms with Gasteiger partial charge < -0.3 is 19.9 Å². The van der Waals surface area contributed by atoms with E-state index in [2.05, 4.69) is 22.0 Å². The Bertz CT molecular complexity index is 836. The molecule has 0 aliphatic carbocycles. The predicted molar refractivity (Wildman–Crippen MR) is 130 cm³/mol. The van der Waals surface area contributed by atoms with Crippen molar-refractivity contribution in [3.63, 3.8) is 0 Å². The van der Waals surface area contributed by atoms with Crippen molar-refractivity contribution in [1.82, 2.24) is 9.80 Å². The fourth-order valence-electron chi connectivity index (χ4n) is 4.83. The number of likely N-dealkylation sites (tertiary alicyclic amines) is 2. The van der Waals surface area contributed by atoms with Gasteiger partial charge in [-0.3, -0.25) is 4.79 Å². The molecular weight excluding hydrogens is 398 g/mol. The van der Waals surface area contributed by atoms with Crippen LogP contribution in [-0.2, 0) is 4.79 Å². The third-order valence-electron chi connectivity index (χ3n) is 6.74. The molecule has 172 valence electrons. The van der Waals surface area contributed by atoms with Crippen LogP contribution in [0.15, 0.2) is 48.5 Å². The van der Waals surface area contributed by atoms with E-state index in [1.54, 1.807) is 0 Å². The van der Waals surface area contributed by atoms with E-state index in [-0.39, 0.29) is 5.91 Å². The number of nitrogens with zero attached hydrogens (tertiary/aromatic N) is 2. The lowest BCUT2D eigenvalue weighted by molar-refractivity contribution is -0.116. The Kier molecular flexibility index (Phi) is 8.18. The van der Waals surface area contributed by atoms with Crippen molar-refractivity contribution >= 4 is 11.6 Å². The van der Waals surface area contributed by atoms with Gasteiger partial charge in [-0.2, -0.15) is 0 Å². The highest BCUT2D eigenvalue weighted by atomic mass is 16.5. The summed E-state index contributed by atoms with van der Waals surface area (Å²) in [5, 5.41) is 3.01. The standard InChI is InChI=1S/C27H37N3O2/c1-22-7-11-25(12-8-22)32-26-13-9-23(10-14-26)28-27(31)6-5-17-29-20-15-24(16-21-29)30-18-3-2-4-19-30/h7-14,24H,2-6,15-21H2,1H3,(H,28,31). The van der Waals surface area contributed by atoms with Gasteiger partial charge in [-0.1, -0.05) is 24.1 Å². The van der Waals surface area contributed by atoms with E-state index in [9.17, 15) is 4.79 Å². The van der Waals surface area contributed by atoms with Gasteiger partial charge in [0.2, 0.25) is 5.91 Å². The predicted octanol–water partition coefficient (Wildman–Crippen LogP) is 5.46. The number of anilines is 1. The molecule has 1 N–H and O–H groups in total. The van der Waals surface area contributed by atoms with E-state index in [1.165, 1.54) is 63.8 Å². The summed E-state index contributed by atoms with van der Waals surface area (Å²) in [7, 11) is 0. The maximum absolute atomic E-state index is 12.4. The van der Waals surface area contributed by atoms with Gasteiger partial charge in [-0.25, -0.2) is 0 Å². The average molecular weight is 436 g/mol. The van der Waals surface area contributed by atoms with Crippen LogP contribution in [0.3, 0.4) is 0 Å². The Labute approximate surface area is 192 Å². The van der Waals surface area contributed by atoms with Crippen molar-refractivity contribution < 1.29 is 9.53 Å². The number of carbonyl (C=O) groups is 1. The largest absolute Gasteiger partial charge is 0.457 e. The molecule has 5 nitrogen and oxygen atoms in total. The topological polar surface area (TPSA) is 44.8 Å². The molecule has 0 radical (unpaired) electrons. The van der Waals surface area contributed by atoms with Crippen LogP contribution in [0.4, 0.5) is 5.69 Å². The normalized spacial score (nSPS) is 18.4. The highest BCUT2D eigenvalue weighted by molar-refractivity contribution is 5.90. The number of rotatable bonds is 8. The van der Waals surface area contributed by atoms with Gasteiger partial charge in [0.15, 0.2) is 0 Å². The molecule has 2 aromatic carbocycles. The number of benzene rings is 2. The van der Waals surface area contributed by atoms with Crippen molar-refractivity contribution in [2.24, 2.45) is 0 Å². The third kappa shape index (κ3) is 6.81. The van der Waals surface area contributed by atoms with Crippen LogP contribution >= 0.6 is 0 Å². The van der Waals surface area contributed by atoms with Crippen molar-refractivity contribution in [2.45, 2.75) is 57.9 Å². The van der Waals surface area contributed by atoms with Gasteiger partial charge in [0, 0.05) is 18.2 Å². The Balaban J connectivity index is 1.13. The summed E-state index contributed by atoms with van der Waals surface area (Å²) in [5.74, 6) is 1.66. The van der Waals surface area contributed by atoms with Crippen molar-refractivity contribution in [3.05, 3.63) is 54.1 Å². The van der Waals surface area contributed by atoms with Gasteiger partial charge in [0.1, 0.15) is 11.5 Å². The Morgan fingerprint density at radius 2 is 1.53 bits per heavy atom. The number of carbonyl (C=O) groups excluding carboxylic acids is 1. The van der Waals surface area contributed by atoms with Crippen molar-refractivity contribution in [1.29, 1.82) is 0 Å². The number of hydrogen-bond acceptors (Lipinski definition) is 4. The van der Waals surface area contributed by atoms with Crippen LogP contribution in [0.25, 0.3) is 0 Å². The average Bonchev–Trinajstić information content (AvgIpc) is 2.83. The minimum absolute atomic E-state index is 0.0837. The molecule has 5 heteroatoms. The highest BCUT2D eigenvalue weighted by Crippen LogP contribution is 2.24. The summed E-state index contributed by atoms with van der Waals surface area (Å²) in [4.78, 5) is 17.6. The van der Waals surface area contributed by atoms with E-state index >= 15 is 0 Å². The third-order valence-corrected chi connectivity index (χ3v) is 6.74. The zero-order chi connectivity index (χ0) is 22.2. The fraction of sp³-hybridized carbons (Fsp3) is 0.519. The zero-order valence-corrected chi connectivity index (χ0v) is 19.4. The summed E-state index contributed by atoms with van der Waals surface area (Å²) in [6.07, 6.45) is 8.19. The first-order valence-corrected chi connectivity index (χ1v) is 12.3. The minimum Gasteiger partial charge on any atom is -0.457 e. The summed E-state index contributed by atoms with van der Waals surface area (Å²) in [6.45, 7) is 8.01. The molecular formula is C27H37N3O2. The number of ether oxygens (including phenoxy) is 1. The molecule has 1 amide bonds. The van der Waals surface area contributed by atoms with Crippen LogP contribution in [0.1, 0.15) is 50.5 Å². The lowest BCUT2D eigenvalue weighted by Gasteiger charge is -2.40. The highest BCUT2D eigenvalue weighted by Gasteiger charge is 2.25. The lowest BCUT2D eigenvalue weighted by Crippen LogP contribution is -2.46. The van der Waals surface area contributed by atoms with Crippen LogP contribution in [-0.4, -0.2) is 54.5 Å². The molecule has 2 aromatic rings. The summed E-state index contributed by atoms with van der Waals surface area (Å²) >= 11 is 0. The molecule has 0 aromatic heterocycles. The van der Waals surface area contributed by atoms with Crippen LogP contribution in [0.5, 0.6) is 11.5 Å². The van der Waals surface area contributed by atoms with Gasteiger partial charge in [0.05, 0.1) is 0 Å². The first kappa shape index (κ1) is 22.8. The molecule has 0 saturated carbocycles. The number of aryl methyl sites for hydroxylation is 1. The molecule has 4 rings (SSSR count). The first-order valence-electron chi connectivity index (χ1n) is 12.3. The molecule has 2 heterocycles. The van der Waals surface area contributed by atoms with Gasteiger partial charge in [0.25, 0.3) is 0 Å². The second-order valence-corrected chi connectivity index (χ2v) is 9.26. The molecule has 32 heavy (non-hydrogen) atoms. The minimum atomic E-state index is 0.0837. The Morgan fingerprint density at radius 3 is 2.19 bits per heavy atom. The summed E-state index contributed by atoms with van der Waals surface area (Å²) in [6, 6.07) is 16.3. The monoisotopic (exact) mass is 435 g/mol. The van der Waals surface area contributed by atoms with E-state index in [0.29, 0.717) is 6.42 Å². The van der Waals surface area contributed by atoms with Gasteiger partial charge in [-0.15, -0.1) is 0 Å².